The van der Waals surface area contributed by atoms with E-state index in [0.717, 1.165) is 23.1 Å². The number of ether oxygens (including phenoxy) is 1. The second-order valence-corrected chi connectivity index (χ2v) is 6.17. The molecule has 2 unspecified atom stereocenters. The summed E-state index contributed by atoms with van der Waals surface area (Å²) in [5, 5.41) is 0. The Kier molecular flexibility index (Phi) is 5.23. The molecule has 2 heterocycles. The van der Waals surface area contributed by atoms with Gasteiger partial charge < -0.3 is 19.9 Å². The summed E-state index contributed by atoms with van der Waals surface area (Å²) in [5.41, 5.74) is 6.60. The van der Waals surface area contributed by atoms with Crippen LogP contribution < -0.4 is 5.73 Å². The monoisotopic (exact) mass is 343 g/mol. The molecule has 112 valence electrons. The van der Waals surface area contributed by atoms with Gasteiger partial charge in [0.05, 0.1) is 12.7 Å². The number of aromatic nitrogens is 1. The van der Waals surface area contributed by atoms with Gasteiger partial charge in [-0.05, 0) is 35.3 Å². The second-order valence-electron chi connectivity index (χ2n) is 5.26. The number of carbonyl (C=O) groups excluding carboxylic acids is 1. The smallest absolute Gasteiger partial charge is 0.270 e. The molecule has 6 heteroatoms. The van der Waals surface area contributed by atoms with Gasteiger partial charge in [-0.3, -0.25) is 4.79 Å². The normalized spacial score (nSPS) is 21.0. The Bertz CT molecular complexity index is 473. The highest BCUT2D eigenvalue weighted by Gasteiger charge is 2.28. The van der Waals surface area contributed by atoms with Gasteiger partial charge in [-0.2, -0.15) is 0 Å². The van der Waals surface area contributed by atoms with Crippen molar-refractivity contribution in [3.63, 3.8) is 0 Å². The average molecular weight is 344 g/mol. The Labute approximate surface area is 128 Å². The van der Waals surface area contributed by atoms with Gasteiger partial charge in [0.2, 0.25) is 0 Å². The molecule has 2 N–H and O–H groups in total. The first-order valence-corrected chi connectivity index (χ1v) is 7.84. The molecule has 0 aromatic carbocycles. The highest BCUT2D eigenvalue weighted by atomic mass is 79.9. The van der Waals surface area contributed by atoms with E-state index in [1.807, 2.05) is 28.7 Å². The zero-order valence-corrected chi connectivity index (χ0v) is 13.6. The minimum Gasteiger partial charge on any atom is -0.373 e. The van der Waals surface area contributed by atoms with Crippen LogP contribution >= 0.6 is 15.9 Å². The third kappa shape index (κ3) is 3.42. The van der Waals surface area contributed by atoms with Crippen molar-refractivity contribution in [3.8, 4) is 0 Å². The van der Waals surface area contributed by atoms with Gasteiger partial charge in [-0.1, -0.05) is 6.92 Å². The van der Waals surface area contributed by atoms with Crippen LogP contribution in [-0.4, -0.2) is 47.2 Å². The van der Waals surface area contributed by atoms with E-state index in [4.69, 9.17) is 10.5 Å². The zero-order valence-electron chi connectivity index (χ0n) is 12.0. The minimum absolute atomic E-state index is 0.0538. The number of morpholine rings is 1. The summed E-state index contributed by atoms with van der Waals surface area (Å²) >= 11 is 3.44. The van der Waals surface area contributed by atoms with Gasteiger partial charge in [0.1, 0.15) is 5.69 Å². The molecule has 1 amide bonds. The fourth-order valence-corrected chi connectivity index (χ4v) is 2.88. The quantitative estimate of drug-likeness (QED) is 0.907. The van der Waals surface area contributed by atoms with Crippen LogP contribution in [0, 0.1) is 0 Å². The largest absolute Gasteiger partial charge is 0.373 e. The summed E-state index contributed by atoms with van der Waals surface area (Å²) in [6.45, 7) is 6.59. The second kappa shape index (κ2) is 6.74. The number of amides is 1. The van der Waals surface area contributed by atoms with E-state index < -0.39 is 0 Å². The average Bonchev–Trinajstić information content (AvgIpc) is 2.79. The number of halogens is 1. The van der Waals surface area contributed by atoms with E-state index >= 15 is 0 Å². The lowest BCUT2D eigenvalue weighted by atomic mass is 10.1. The van der Waals surface area contributed by atoms with Crippen LogP contribution in [0.25, 0.3) is 0 Å². The molecule has 5 nitrogen and oxygen atoms in total. The van der Waals surface area contributed by atoms with E-state index in [1.165, 1.54) is 0 Å². The first-order chi connectivity index (χ1) is 9.52. The number of carbonyl (C=O) groups is 1. The number of hydrogen-bond acceptors (Lipinski definition) is 3. The molecule has 1 saturated heterocycles. The number of nitrogens with zero attached hydrogens (tertiary/aromatic N) is 2. The maximum absolute atomic E-state index is 12.7. The SMILES string of the molecule is CCCn1cc(Br)cc1C(=O)N1CCOC(C(C)N)C1. The number of hydrogen-bond donors (Lipinski definition) is 1. The molecule has 0 saturated carbocycles. The molecule has 0 aliphatic carbocycles. The van der Waals surface area contributed by atoms with E-state index in [9.17, 15) is 4.79 Å². The van der Waals surface area contributed by atoms with Crippen molar-refractivity contribution in [1.29, 1.82) is 0 Å². The van der Waals surface area contributed by atoms with Crippen molar-refractivity contribution in [2.24, 2.45) is 5.73 Å². The lowest BCUT2D eigenvalue weighted by Crippen LogP contribution is -2.51. The Hall–Kier alpha value is -0.850. The number of rotatable bonds is 4. The van der Waals surface area contributed by atoms with Crippen molar-refractivity contribution < 1.29 is 9.53 Å². The molecule has 0 bridgehead atoms. The highest BCUT2D eigenvalue weighted by Crippen LogP contribution is 2.19. The molecular formula is C14H22BrN3O2. The molecule has 1 aliphatic heterocycles. The molecule has 1 fully saturated rings. The lowest BCUT2D eigenvalue weighted by molar-refractivity contribution is -0.0303. The van der Waals surface area contributed by atoms with Crippen molar-refractivity contribution in [1.82, 2.24) is 9.47 Å². The molecular weight excluding hydrogens is 322 g/mol. The van der Waals surface area contributed by atoms with Crippen molar-refractivity contribution in [3.05, 3.63) is 22.4 Å². The predicted molar refractivity (Wildman–Crippen MR) is 81.7 cm³/mol. The van der Waals surface area contributed by atoms with Crippen LogP contribution in [0.3, 0.4) is 0 Å². The van der Waals surface area contributed by atoms with Gasteiger partial charge in [0.25, 0.3) is 5.91 Å². The van der Waals surface area contributed by atoms with E-state index in [1.54, 1.807) is 0 Å². The van der Waals surface area contributed by atoms with Crippen LogP contribution in [0.4, 0.5) is 0 Å². The molecule has 20 heavy (non-hydrogen) atoms. The van der Waals surface area contributed by atoms with Gasteiger partial charge in [0, 0.05) is 36.3 Å². The van der Waals surface area contributed by atoms with Crippen molar-refractivity contribution >= 4 is 21.8 Å². The fraction of sp³-hybridized carbons (Fsp3) is 0.643. The summed E-state index contributed by atoms with van der Waals surface area (Å²) in [7, 11) is 0. The molecule has 1 aromatic rings. The van der Waals surface area contributed by atoms with Crippen LogP contribution in [-0.2, 0) is 11.3 Å². The third-order valence-electron chi connectivity index (χ3n) is 3.51. The first-order valence-electron chi connectivity index (χ1n) is 7.05. The minimum atomic E-state index is -0.0780. The summed E-state index contributed by atoms with van der Waals surface area (Å²) in [5.74, 6) is 0.0538. The summed E-state index contributed by atoms with van der Waals surface area (Å²) in [6, 6.07) is 1.81. The molecule has 0 spiro atoms. The summed E-state index contributed by atoms with van der Waals surface area (Å²) < 4.78 is 8.54. The standard InChI is InChI=1S/C14H22BrN3O2/c1-3-4-17-8-11(15)7-12(17)14(19)18-5-6-20-13(9-18)10(2)16/h7-8,10,13H,3-6,9,16H2,1-2H3. The Morgan fingerprint density at radius 3 is 3.05 bits per heavy atom. The third-order valence-corrected chi connectivity index (χ3v) is 3.95. The van der Waals surface area contributed by atoms with Crippen LogP contribution in [0.2, 0.25) is 0 Å². The van der Waals surface area contributed by atoms with Gasteiger partial charge >= 0.3 is 0 Å². The maximum atomic E-state index is 12.7. The van der Waals surface area contributed by atoms with Crippen LogP contribution in [0.5, 0.6) is 0 Å². The molecule has 2 atom stereocenters. The Morgan fingerprint density at radius 1 is 1.65 bits per heavy atom. The molecule has 1 aromatic heterocycles. The van der Waals surface area contributed by atoms with Crippen molar-refractivity contribution in [2.45, 2.75) is 39.0 Å². The molecule has 0 radical (unpaired) electrons. The predicted octanol–water partition coefficient (Wildman–Crippen LogP) is 1.85. The summed E-state index contributed by atoms with van der Waals surface area (Å²) in [6.07, 6.45) is 2.87. The van der Waals surface area contributed by atoms with Crippen LogP contribution in [0.1, 0.15) is 30.8 Å². The summed E-state index contributed by atoms with van der Waals surface area (Å²) in [4.78, 5) is 14.5. The number of nitrogens with two attached hydrogens (primary N) is 1. The van der Waals surface area contributed by atoms with Gasteiger partial charge in [0.15, 0.2) is 0 Å². The first kappa shape index (κ1) is 15.5. The number of aryl methyl sites for hydroxylation is 1. The Balaban J connectivity index is 2.14. The van der Waals surface area contributed by atoms with Gasteiger partial charge in [-0.15, -0.1) is 0 Å². The zero-order chi connectivity index (χ0) is 14.7. The van der Waals surface area contributed by atoms with E-state index in [2.05, 4.69) is 22.9 Å². The fourth-order valence-electron chi connectivity index (χ4n) is 2.42. The highest BCUT2D eigenvalue weighted by molar-refractivity contribution is 9.10. The lowest BCUT2D eigenvalue weighted by Gasteiger charge is -2.34. The van der Waals surface area contributed by atoms with Crippen molar-refractivity contribution in [2.75, 3.05) is 19.7 Å². The Morgan fingerprint density at radius 2 is 2.40 bits per heavy atom. The van der Waals surface area contributed by atoms with Gasteiger partial charge in [-0.25, -0.2) is 0 Å². The van der Waals surface area contributed by atoms with E-state index in [-0.39, 0.29) is 18.1 Å². The maximum Gasteiger partial charge on any atom is 0.270 e. The molecule has 2 rings (SSSR count). The molecule has 1 aliphatic rings. The van der Waals surface area contributed by atoms with E-state index in [0.29, 0.717) is 19.7 Å². The van der Waals surface area contributed by atoms with Crippen LogP contribution in [0.15, 0.2) is 16.7 Å². The topological polar surface area (TPSA) is 60.5 Å².